The highest BCUT2D eigenvalue weighted by atomic mass is 32.1. The van der Waals surface area contributed by atoms with Crippen molar-refractivity contribution >= 4 is 22.2 Å². The molecule has 9 heteroatoms. The molecule has 96 valence electrons. The predicted octanol–water partition coefficient (Wildman–Crippen LogP) is 0.595. The predicted molar refractivity (Wildman–Crippen MR) is 65.7 cm³/mol. The van der Waals surface area contributed by atoms with E-state index in [0.717, 1.165) is 5.56 Å². The fourth-order valence-electron chi connectivity index (χ4n) is 1.53. The second-order valence-electron chi connectivity index (χ2n) is 3.61. The Bertz CT molecular complexity index is 749. The molecule has 0 unspecified atom stereocenters. The van der Waals surface area contributed by atoms with Crippen LogP contribution in [0, 0.1) is 5.82 Å². The zero-order valence-corrected chi connectivity index (χ0v) is 10.2. The van der Waals surface area contributed by atoms with Gasteiger partial charge in [-0.3, -0.25) is 10.2 Å². The molecule has 2 heterocycles. The minimum Gasteiger partial charge on any atom is -0.287 e. The Morgan fingerprint density at radius 2 is 2.05 bits per heavy atom. The molecule has 7 nitrogen and oxygen atoms in total. The molecule has 0 fully saturated rings. The number of nitrogens with one attached hydrogen (secondary N) is 1. The van der Waals surface area contributed by atoms with Gasteiger partial charge in [0.15, 0.2) is 0 Å². The number of halogens is 1. The minimum absolute atomic E-state index is 0.00196. The molecule has 19 heavy (non-hydrogen) atoms. The summed E-state index contributed by atoms with van der Waals surface area (Å²) >= 11 is 1.24. The third kappa shape index (κ3) is 1.94. The number of nitrogens with zero attached hydrogens (tertiary/aromatic N) is 4. The van der Waals surface area contributed by atoms with Gasteiger partial charge in [0.05, 0.1) is 0 Å². The van der Waals surface area contributed by atoms with Crippen molar-refractivity contribution in [2.24, 2.45) is 5.84 Å². The van der Waals surface area contributed by atoms with Crippen LogP contribution in [0.4, 0.5) is 4.39 Å². The van der Waals surface area contributed by atoms with Gasteiger partial charge in [0.1, 0.15) is 10.8 Å². The molecule has 3 rings (SSSR count). The van der Waals surface area contributed by atoms with E-state index < -0.39 is 5.91 Å². The van der Waals surface area contributed by atoms with Crippen molar-refractivity contribution in [2.45, 2.75) is 0 Å². The van der Waals surface area contributed by atoms with Crippen molar-refractivity contribution in [2.75, 3.05) is 0 Å². The average molecular weight is 278 g/mol. The lowest BCUT2D eigenvalue weighted by Gasteiger charge is -1.95. The number of hydrogen-bond acceptors (Lipinski definition) is 6. The Balaban J connectivity index is 2.09. The number of fused-ring (bicyclic) bond motifs is 1. The quantitative estimate of drug-likeness (QED) is 0.406. The number of amides is 1. The van der Waals surface area contributed by atoms with Crippen LogP contribution < -0.4 is 11.3 Å². The molecule has 0 spiro atoms. The number of hydrogen-bond donors (Lipinski definition) is 2. The Labute approximate surface area is 109 Å². The summed E-state index contributed by atoms with van der Waals surface area (Å²) in [5.74, 6) is 4.14. The monoisotopic (exact) mass is 278 g/mol. The molecular weight excluding hydrogens is 271 g/mol. The van der Waals surface area contributed by atoms with Gasteiger partial charge in [-0.2, -0.15) is 9.61 Å². The first-order valence-corrected chi connectivity index (χ1v) is 6.00. The molecule has 0 saturated heterocycles. The Hall–Kier alpha value is -2.39. The number of rotatable bonds is 2. The third-order valence-corrected chi connectivity index (χ3v) is 3.36. The molecule has 1 amide bonds. The number of carbonyl (C=O) groups excluding carboxylic acids is 1. The van der Waals surface area contributed by atoms with E-state index >= 15 is 0 Å². The number of hydrazine groups is 1. The minimum atomic E-state index is -0.580. The average Bonchev–Trinajstić information content (AvgIpc) is 2.98. The van der Waals surface area contributed by atoms with E-state index in [0.29, 0.717) is 9.97 Å². The summed E-state index contributed by atoms with van der Waals surface area (Å²) in [7, 11) is 0. The molecule has 1 aromatic carbocycles. The summed E-state index contributed by atoms with van der Waals surface area (Å²) in [5.41, 5.74) is 2.70. The van der Waals surface area contributed by atoms with Crippen molar-refractivity contribution in [1.29, 1.82) is 0 Å². The maximum absolute atomic E-state index is 12.9. The van der Waals surface area contributed by atoms with Crippen LogP contribution in [0.3, 0.4) is 0 Å². The smallest absolute Gasteiger partial charge is 0.287 e. The first kappa shape index (κ1) is 11.7. The van der Waals surface area contributed by atoms with Gasteiger partial charge in [-0.25, -0.2) is 10.2 Å². The van der Waals surface area contributed by atoms with Crippen molar-refractivity contribution in [3.63, 3.8) is 0 Å². The Morgan fingerprint density at radius 3 is 2.74 bits per heavy atom. The van der Waals surface area contributed by atoms with Gasteiger partial charge in [0, 0.05) is 5.56 Å². The van der Waals surface area contributed by atoms with Gasteiger partial charge in [-0.1, -0.05) is 11.3 Å². The summed E-state index contributed by atoms with van der Waals surface area (Å²) in [6.45, 7) is 0. The molecule has 0 saturated carbocycles. The molecule has 0 radical (unpaired) electrons. The second-order valence-corrected chi connectivity index (χ2v) is 4.56. The fraction of sp³-hybridized carbons (Fsp3) is 0. The SMILES string of the molecule is NNC(=O)c1nnc2sc(-c3ccc(F)cc3)nn12. The summed E-state index contributed by atoms with van der Waals surface area (Å²) in [4.78, 5) is 11.9. The maximum atomic E-state index is 12.9. The van der Waals surface area contributed by atoms with E-state index in [1.54, 1.807) is 12.1 Å². The highest BCUT2D eigenvalue weighted by molar-refractivity contribution is 7.19. The van der Waals surface area contributed by atoms with E-state index in [1.165, 1.54) is 28.0 Å². The van der Waals surface area contributed by atoms with Crippen molar-refractivity contribution in [3.8, 4) is 10.6 Å². The Kier molecular flexibility index (Phi) is 2.69. The van der Waals surface area contributed by atoms with E-state index in [1.807, 2.05) is 5.43 Å². The largest absolute Gasteiger partial charge is 0.304 e. The van der Waals surface area contributed by atoms with Gasteiger partial charge < -0.3 is 0 Å². The van der Waals surface area contributed by atoms with Gasteiger partial charge in [-0.05, 0) is 24.3 Å². The molecule has 2 aromatic heterocycles. The van der Waals surface area contributed by atoms with E-state index in [9.17, 15) is 9.18 Å². The van der Waals surface area contributed by atoms with Gasteiger partial charge in [-0.15, -0.1) is 10.2 Å². The van der Waals surface area contributed by atoms with Crippen LogP contribution >= 0.6 is 11.3 Å². The molecule has 0 atom stereocenters. The number of carbonyl (C=O) groups is 1. The first-order valence-electron chi connectivity index (χ1n) is 5.18. The lowest BCUT2D eigenvalue weighted by atomic mass is 10.2. The van der Waals surface area contributed by atoms with Crippen LogP contribution in [0.1, 0.15) is 10.6 Å². The Morgan fingerprint density at radius 1 is 1.32 bits per heavy atom. The molecule has 3 aromatic rings. The van der Waals surface area contributed by atoms with E-state index in [2.05, 4.69) is 15.3 Å². The second kappa shape index (κ2) is 4.37. The lowest BCUT2D eigenvalue weighted by Crippen LogP contribution is -2.31. The lowest BCUT2D eigenvalue weighted by molar-refractivity contribution is 0.0941. The first-order chi connectivity index (χ1) is 9.19. The van der Waals surface area contributed by atoms with E-state index in [-0.39, 0.29) is 11.6 Å². The summed E-state index contributed by atoms with van der Waals surface area (Å²) in [6, 6.07) is 5.88. The van der Waals surface area contributed by atoms with Gasteiger partial charge in [0.2, 0.25) is 10.8 Å². The third-order valence-electron chi connectivity index (χ3n) is 2.42. The summed E-state index contributed by atoms with van der Waals surface area (Å²) < 4.78 is 14.1. The fourth-order valence-corrected chi connectivity index (χ4v) is 2.38. The van der Waals surface area contributed by atoms with Crippen LogP contribution in [-0.4, -0.2) is 25.7 Å². The van der Waals surface area contributed by atoms with Gasteiger partial charge in [0.25, 0.3) is 0 Å². The molecule has 0 aliphatic heterocycles. The number of nitrogens with two attached hydrogens (primary N) is 1. The highest BCUT2D eigenvalue weighted by Gasteiger charge is 2.17. The van der Waals surface area contributed by atoms with Crippen LogP contribution in [0.25, 0.3) is 15.5 Å². The van der Waals surface area contributed by atoms with Crippen molar-refractivity contribution < 1.29 is 9.18 Å². The number of nitrogen functional groups attached to an aromatic ring is 1. The zero-order valence-electron chi connectivity index (χ0n) is 9.37. The van der Waals surface area contributed by atoms with Crippen molar-refractivity contribution in [1.82, 2.24) is 25.2 Å². The van der Waals surface area contributed by atoms with Crippen LogP contribution in [0.15, 0.2) is 24.3 Å². The molecule has 0 bridgehead atoms. The molecular formula is C10H7FN6OS. The summed E-state index contributed by atoms with van der Waals surface area (Å²) in [6.07, 6.45) is 0. The van der Waals surface area contributed by atoms with Crippen LogP contribution in [0.2, 0.25) is 0 Å². The van der Waals surface area contributed by atoms with Crippen LogP contribution in [0.5, 0.6) is 0 Å². The normalized spacial score (nSPS) is 10.8. The summed E-state index contributed by atoms with van der Waals surface area (Å²) in [5, 5.41) is 12.3. The van der Waals surface area contributed by atoms with Crippen molar-refractivity contribution in [3.05, 3.63) is 35.9 Å². The number of benzene rings is 1. The topological polar surface area (TPSA) is 98.2 Å². The standard InChI is InChI=1S/C10H7FN6OS/c11-6-3-1-5(2-4-6)9-16-17-7(8(18)13-12)14-15-10(17)19-9/h1-4H,12H2,(H,13,18). The van der Waals surface area contributed by atoms with Crippen LogP contribution in [-0.2, 0) is 0 Å². The zero-order chi connectivity index (χ0) is 13.4. The number of aromatic nitrogens is 4. The van der Waals surface area contributed by atoms with Gasteiger partial charge >= 0.3 is 5.91 Å². The molecule has 0 aliphatic carbocycles. The molecule has 3 N–H and O–H groups in total. The highest BCUT2D eigenvalue weighted by Crippen LogP contribution is 2.25. The maximum Gasteiger partial charge on any atom is 0.304 e. The van der Waals surface area contributed by atoms with E-state index in [4.69, 9.17) is 5.84 Å². The molecule has 0 aliphatic rings.